The zero-order valence-electron chi connectivity index (χ0n) is 9.83. The summed E-state index contributed by atoms with van der Waals surface area (Å²) in [6, 6.07) is 1.61. The number of halogens is 2. The Morgan fingerprint density at radius 2 is 2.47 bits per heavy atom. The van der Waals surface area contributed by atoms with Crippen LogP contribution in [0.15, 0.2) is 12.3 Å². The zero-order valence-corrected chi connectivity index (χ0v) is 10.6. The standard InChI is InChI=1S/C12H16ClFN2O/c1-9-8-16(5-2-6-17-9)12-11(14)10(7-13)3-4-15-12/h3-4,9H,2,5-8H2,1H3. The van der Waals surface area contributed by atoms with E-state index in [2.05, 4.69) is 4.98 Å². The molecule has 1 unspecified atom stereocenters. The Morgan fingerprint density at radius 1 is 1.65 bits per heavy atom. The van der Waals surface area contributed by atoms with Gasteiger partial charge in [0.25, 0.3) is 0 Å². The number of ether oxygens (including phenoxy) is 1. The Hall–Kier alpha value is -0.870. The van der Waals surface area contributed by atoms with Gasteiger partial charge in [-0.2, -0.15) is 0 Å². The molecule has 1 aliphatic heterocycles. The van der Waals surface area contributed by atoms with E-state index in [1.807, 2.05) is 11.8 Å². The highest BCUT2D eigenvalue weighted by atomic mass is 35.5. The van der Waals surface area contributed by atoms with Gasteiger partial charge in [0.15, 0.2) is 11.6 Å². The molecule has 94 valence electrons. The van der Waals surface area contributed by atoms with Gasteiger partial charge in [-0.1, -0.05) is 0 Å². The van der Waals surface area contributed by atoms with Crippen LogP contribution in [0, 0.1) is 5.82 Å². The lowest BCUT2D eigenvalue weighted by Crippen LogP contribution is -2.31. The number of pyridine rings is 1. The molecule has 1 aromatic rings. The summed E-state index contributed by atoms with van der Waals surface area (Å²) in [4.78, 5) is 6.06. The van der Waals surface area contributed by atoms with Crippen LogP contribution >= 0.6 is 11.6 Å². The third-order valence-corrected chi connectivity index (χ3v) is 3.13. The molecule has 0 N–H and O–H groups in total. The molecule has 0 spiro atoms. The van der Waals surface area contributed by atoms with Gasteiger partial charge >= 0.3 is 0 Å². The monoisotopic (exact) mass is 258 g/mol. The van der Waals surface area contributed by atoms with Crippen LogP contribution in [-0.4, -0.2) is 30.8 Å². The van der Waals surface area contributed by atoms with E-state index in [0.717, 1.165) is 13.0 Å². The molecule has 5 heteroatoms. The number of nitrogens with zero attached hydrogens (tertiary/aromatic N) is 2. The number of alkyl halides is 1. The highest BCUT2D eigenvalue weighted by molar-refractivity contribution is 6.17. The number of aromatic nitrogens is 1. The molecular weight excluding hydrogens is 243 g/mol. The Balaban J connectivity index is 2.25. The van der Waals surface area contributed by atoms with Gasteiger partial charge in [-0.25, -0.2) is 9.37 Å². The molecule has 0 bridgehead atoms. The summed E-state index contributed by atoms with van der Waals surface area (Å²) in [6.45, 7) is 4.13. The summed E-state index contributed by atoms with van der Waals surface area (Å²) in [7, 11) is 0. The van der Waals surface area contributed by atoms with Gasteiger partial charge in [0.2, 0.25) is 0 Å². The second-order valence-electron chi connectivity index (χ2n) is 4.22. The van der Waals surface area contributed by atoms with E-state index in [-0.39, 0.29) is 17.8 Å². The van der Waals surface area contributed by atoms with Gasteiger partial charge in [0, 0.05) is 31.5 Å². The van der Waals surface area contributed by atoms with Crippen LogP contribution < -0.4 is 4.90 Å². The van der Waals surface area contributed by atoms with E-state index in [1.54, 1.807) is 12.3 Å². The van der Waals surface area contributed by atoms with Crippen molar-refractivity contribution in [1.82, 2.24) is 4.98 Å². The van der Waals surface area contributed by atoms with Crippen LogP contribution in [-0.2, 0) is 10.6 Å². The van der Waals surface area contributed by atoms with Crippen molar-refractivity contribution >= 4 is 17.4 Å². The van der Waals surface area contributed by atoms with Crippen molar-refractivity contribution in [2.75, 3.05) is 24.6 Å². The first kappa shape index (κ1) is 12.6. The molecule has 0 radical (unpaired) electrons. The molecule has 0 aliphatic carbocycles. The molecule has 1 aliphatic rings. The Bertz CT molecular complexity index is 389. The molecule has 17 heavy (non-hydrogen) atoms. The molecule has 0 amide bonds. The number of hydrogen-bond acceptors (Lipinski definition) is 3. The third kappa shape index (κ3) is 2.87. The molecule has 2 heterocycles. The average molecular weight is 259 g/mol. The highest BCUT2D eigenvalue weighted by Gasteiger charge is 2.20. The first-order chi connectivity index (χ1) is 8.22. The summed E-state index contributed by atoms with van der Waals surface area (Å²) in [5, 5.41) is 0. The molecule has 1 aromatic heterocycles. The third-order valence-electron chi connectivity index (χ3n) is 2.85. The maximum Gasteiger partial charge on any atom is 0.170 e. The second-order valence-corrected chi connectivity index (χ2v) is 4.49. The average Bonchev–Trinajstić information content (AvgIpc) is 2.54. The van der Waals surface area contributed by atoms with Crippen molar-refractivity contribution in [2.24, 2.45) is 0 Å². The first-order valence-electron chi connectivity index (χ1n) is 5.78. The fraction of sp³-hybridized carbons (Fsp3) is 0.583. The smallest absolute Gasteiger partial charge is 0.170 e. The fourth-order valence-electron chi connectivity index (χ4n) is 1.98. The predicted octanol–water partition coefficient (Wildman–Crippen LogP) is 2.57. The van der Waals surface area contributed by atoms with Gasteiger partial charge < -0.3 is 9.64 Å². The van der Waals surface area contributed by atoms with E-state index in [9.17, 15) is 4.39 Å². The largest absolute Gasteiger partial charge is 0.377 e. The predicted molar refractivity (Wildman–Crippen MR) is 66.0 cm³/mol. The summed E-state index contributed by atoms with van der Waals surface area (Å²) in [5.74, 6) is 0.249. The first-order valence-corrected chi connectivity index (χ1v) is 6.31. The molecular formula is C12H16ClFN2O. The molecule has 3 nitrogen and oxygen atoms in total. The van der Waals surface area contributed by atoms with Gasteiger partial charge in [-0.05, 0) is 19.4 Å². The van der Waals surface area contributed by atoms with Crippen molar-refractivity contribution < 1.29 is 9.13 Å². The Labute approximate surface area is 106 Å². The minimum absolute atomic E-state index is 0.0957. The van der Waals surface area contributed by atoms with E-state index >= 15 is 0 Å². The van der Waals surface area contributed by atoms with E-state index < -0.39 is 0 Å². The zero-order chi connectivity index (χ0) is 12.3. The lowest BCUT2D eigenvalue weighted by molar-refractivity contribution is 0.0820. The second kappa shape index (κ2) is 5.65. The molecule has 0 aromatic carbocycles. The summed E-state index contributed by atoms with van der Waals surface area (Å²) >= 11 is 5.69. The van der Waals surface area contributed by atoms with Crippen LogP contribution in [0.2, 0.25) is 0 Å². The maximum atomic E-state index is 14.1. The lowest BCUT2D eigenvalue weighted by Gasteiger charge is -2.24. The van der Waals surface area contributed by atoms with E-state index in [4.69, 9.17) is 16.3 Å². The van der Waals surface area contributed by atoms with Crippen LogP contribution in [0.4, 0.5) is 10.2 Å². The normalized spacial score (nSPS) is 21.4. The molecule has 1 fully saturated rings. The van der Waals surface area contributed by atoms with Crippen molar-refractivity contribution in [2.45, 2.75) is 25.3 Å². The summed E-state index contributed by atoms with van der Waals surface area (Å²) < 4.78 is 19.6. The van der Waals surface area contributed by atoms with Gasteiger partial charge in [-0.3, -0.25) is 0 Å². The van der Waals surface area contributed by atoms with E-state index in [0.29, 0.717) is 24.5 Å². The van der Waals surface area contributed by atoms with Crippen molar-refractivity contribution in [3.8, 4) is 0 Å². The van der Waals surface area contributed by atoms with Crippen LogP contribution in [0.25, 0.3) is 0 Å². The molecule has 1 atom stereocenters. The minimum Gasteiger partial charge on any atom is -0.377 e. The van der Waals surface area contributed by atoms with Gasteiger partial charge in [0.1, 0.15) is 0 Å². The molecule has 0 saturated carbocycles. The van der Waals surface area contributed by atoms with Gasteiger partial charge in [0.05, 0.1) is 12.0 Å². The van der Waals surface area contributed by atoms with Crippen molar-refractivity contribution in [3.63, 3.8) is 0 Å². The topological polar surface area (TPSA) is 25.4 Å². The molecule has 1 saturated heterocycles. The summed E-state index contributed by atoms with van der Waals surface area (Å²) in [6.07, 6.45) is 2.58. The minimum atomic E-state index is -0.309. The SMILES string of the molecule is CC1CN(c2nccc(CCl)c2F)CCCO1. The maximum absolute atomic E-state index is 14.1. The van der Waals surface area contributed by atoms with Crippen molar-refractivity contribution in [3.05, 3.63) is 23.6 Å². The van der Waals surface area contributed by atoms with Crippen LogP contribution in [0.5, 0.6) is 0 Å². The quantitative estimate of drug-likeness (QED) is 0.763. The fourth-order valence-corrected chi connectivity index (χ4v) is 2.19. The van der Waals surface area contributed by atoms with E-state index in [1.165, 1.54) is 0 Å². The lowest BCUT2D eigenvalue weighted by atomic mass is 10.2. The summed E-state index contributed by atoms with van der Waals surface area (Å²) in [5.41, 5.74) is 0.495. The van der Waals surface area contributed by atoms with Crippen LogP contribution in [0.1, 0.15) is 18.9 Å². The Kier molecular flexibility index (Phi) is 4.18. The highest BCUT2D eigenvalue weighted by Crippen LogP contribution is 2.22. The number of hydrogen-bond donors (Lipinski definition) is 0. The molecule has 2 rings (SSSR count). The van der Waals surface area contributed by atoms with Crippen LogP contribution in [0.3, 0.4) is 0 Å². The number of rotatable bonds is 2. The van der Waals surface area contributed by atoms with Gasteiger partial charge in [-0.15, -0.1) is 11.6 Å². The Morgan fingerprint density at radius 3 is 3.24 bits per heavy atom. The van der Waals surface area contributed by atoms with Crippen molar-refractivity contribution in [1.29, 1.82) is 0 Å². The number of anilines is 1.